The first kappa shape index (κ1) is 23.9. The van der Waals surface area contributed by atoms with Crippen molar-refractivity contribution in [2.75, 3.05) is 18.4 Å². The van der Waals surface area contributed by atoms with Crippen molar-refractivity contribution in [2.24, 2.45) is 5.92 Å². The summed E-state index contributed by atoms with van der Waals surface area (Å²) in [7, 11) is -3.43. The molecule has 2 aromatic carbocycles. The van der Waals surface area contributed by atoms with Crippen LogP contribution in [-0.2, 0) is 20.6 Å². The first-order valence-electron chi connectivity index (χ1n) is 11.0. The molecule has 172 valence electrons. The summed E-state index contributed by atoms with van der Waals surface area (Å²) in [4.78, 5) is 25.4. The van der Waals surface area contributed by atoms with E-state index in [-0.39, 0.29) is 29.5 Å². The zero-order chi connectivity index (χ0) is 23.1. The third-order valence-electron chi connectivity index (χ3n) is 5.83. The standard InChI is InChI=1S/C24H31N3O4S/c1-3-18(2)25-24(29)21-11-7-8-12-22(21)26-23(28)20-13-15-27(16-14-20)32(30,31)17-19-9-5-4-6-10-19/h4-12,18,20H,3,13-17H2,1-2H3,(H,25,29)(H,26,28)/t18-/m1/s1. The number of sulfonamides is 1. The highest BCUT2D eigenvalue weighted by Gasteiger charge is 2.31. The molecule has 1 aliphatic rings. The Hall–Kier alpha value is -2.71. The maximum absolute atomic E-state index is 12.9. The normalized spacial score (nSPS) is 16.3. The summed E-state index contributed by atoms with van der Waals surface area (Å²) in [5.74, 6) is -0.751. The molecule has 1 saturated heterocycles. The van der Waals surface area contributed by atoms with Gasteiger partial charge in [-0.3, -0.25) is 9.59 Å². The number of benzene rings is 2. The molecule has 3 rings (SSSR count). The molecule has 1 aliphatic heterocycles. The van der Waals surface area contributed by atoms with Crippen LogP contribution in [0.3, 0.4) is 0 Å². The van der Waals surface area contributed by atoms with Crippen molar-refractivity contribution in [3.05, 3.63) is 65.7 Å². The highest BCUT2D eigenvalue weighted by molar-refractivity contribution is 7.88. The second-order valence-corrected chi connectivity index (χ2v) is 10.2. The van der Waals surface area contributed by atoms with Gasteiger partial charge in [-0.2, -0.15) is 0 Å². The fraction of sp³-hybridized carbons (Fsp3) is 0.417. The van der Waals surface area contributed by atoms with Gasteiger partial charge in [0.2, 0.25) is 15.9 Å². The van der Waals surface area contributed by atoms with Crippen LogP contribution in [0.25, 0.3) is 0 Å². The lowest BCUT2D eigenvalue weighted by molar-refractivity contribution is -0.120. The van der Waals surface area contributed by atoms with E-state index in [0.29, 0.717) is 37.2 Å². The minimum atomic E-state index is -3.43. The van der Waals surface area contributed by atoms with Crippen LogP contribution in [0.2, 0.25) is 0 Å². The Morgan fingerprint density at radius 3 is 2.31 bits per heavy atom. The zero-order valence-corrected chi connectivity index (χ0v) is 19.4. The summed E-state index contributed by atoms with van der Waals surface area (Å²) in [6, 6.07) is 16.1. The molecule has 0 aromatic heterocycles. The van der Waals surface area contributed by atoms with Gasteiger partial charge in [0.1, 0.15) is 0 Å². The van der Waals surface area contributed by atoms with Crippen LogP contribution in [0.15, 0.2) is 54.6 Å². The minimum Gasteiger partial charge on any atom is -0.350 e. The number of hydrogen-bond donors (Lipinski definition) is 2. The molecule has 0 aliphatic carbocycles. The Kier molecular flexibility index (Phi) is 8.04. The van der Waals surface area contributed by atoms with Crippen LogP contribution in [-0.4, -0.2) is 43.7 Å². The molecule has 0 spiro atoms. The lowest BCUT2D eigenvalue weighted by atomic mass is 9.97. The molecule has 32 heavy (non-hydrogen) atoms. The largest absolute Gasteiger partial charge is 0.350 e. The molecule has 1 fully saturated rings. The number of nitrogens with zero attached hydrogens (tertiary/aromatic N) is 1. The number of para-hydroxylation sites is 1. The molecule has 1 heterocycles. The Bertz CT molecular complexity index is 1030. The third kappa shape index (κ3) is 6.17. The van der Waals surface area contributed by atoms with Crippen LogP contribution >= 0.6 is 0 Å². The number of nitrogens with one attached hydrogen (secondary N) is 2. The van der Waals surface area contributed by atoms with E-state index >= 15 is 0 Å². The molecule has 0 bridgehead atoms. The predicted octanol–water partition coefficient (Wildman–Crippen LogP) is 3.40. The average Bonchev–Trinajstić information content (AvgIpc) is 2.79. The molecular formula is C24H31N3O4S. The average molecular weight is 458 g/mol. The van der Waals surface area contributed by atoms with Gasteiger partial charge in [-0.25, -0.2) is 12.7 Å². The fourth-order valence-corrected chi connectivity index (χ4v) is 5.26. The van der Waals surface area contributed by atoms with Crippen molar-refractivity contribution in [3.63, 3.8) is 0 Å². The Labute approximate surface area is 190 Å². The lowest BCUT2D eigenvalue weighted by Gasteiger charge is -2.30. The van der Waals surface area contributed by atoms with Crippen LogP contribution in [0, 0.1) is 5.92 Å². The topological polar surface area (TPSA) is 95.6 Å². The van der Waals surface area contributed by atoms with Crippen LogP contribution in [0.5, 0.6) is 0 Å². The number of amides is 2. The van der Waals surface area contributed by atoms with Crippen molar-refractivity contribution in [1.82, 2.24) is 9.62 Å². The molecule has 8 heteroatoms. The first-order valence-corrected chi connectivity index (χ1v) is 12.6. The molecule has 2 N–H and O–H groups in total. The van der Waals surface area contributed by atoms with Gasteiger partial charge < -0.3 is 10.6 Å². The number of carbonyl (C=O) groups excluding carboxylic acids is 2. The maximum Gasteiger partial charge on any atom is 0.253 e. The van der Waals surface area contributed by atoms with E-state index < -0.39 is 10.0 Å². The predicted molar refractivity (Wildman–Crippen MR) is 126 cm³/mol. The van der Waals surface area contributed by atoms with E-state index in [9.17, 15) is 18.0 Å². The second-order valence-electron chi connectivity index (χ2n) is 8.23. The summed E-state index contributed by atoms with van der Waals surface area (Å²) >= 11 is 0. The van der Waals surface area contributed by atoms with Gasteiger partial charge in [-0.1, -0.05) is 49.4 Å². The van der Waals surface area contributed by atoms with E-state index in [0.717, 1.165) is 12.0 Å². The smallest absolute Gasteiger partial charge is 0.253 e. The van der Waals surface area contributed by atoms with Gasteiger partial charge in [0.15, 0.2) is 0 Å². The first-order chi connectivity index (χ1) is 15.3. The summed E-state index contributed by atoms with van der Waals surface area (Å²) in [6.07, 6.45) is 1.70. The summed E-state index contributed by atoms with van der Waals surface area (Å²) in [5, 5.41) is 5.80. The zero-order valence-electron chi connectivity index (χ0n) is 18.6. The molecule has 0 saturated carbocycles. The summed E-state index contributed by atoms with van der Waals surface area (Å²) in [5.41, 5.74) is 1.64. The molecule has 1 atom stereocenters. The molecular weight excluding hydrogens is 426 g/mol. The van der Waals surface area contributed by atoms with E-state index in [4.69, 9.17) is 0 Å². The van der Waals surface area contributed by atoms with Crippen molar-refractivity contribution < 1.29 is 18.0 Å². The highest BCUT2D eigenvalue weighted by atomic mass is 32.2. The lowest BCUT2D eigenvalue weighted by Crippen LogP contribution is -2.42. The minimum absolute atomic E-state index is 0.0356. The number of anilines is 1. The van der Waals surface area contributed by atoms with E-state index in [1.165, 1.54) is 4.31 Å². The molecule has 0 unspecified atom stereocenters. The summed E-state index contributed by atoms with van der Waals surface area (Å²) in [6.45, 7) is 4.54. The number of piperidine rings is 1. The Morgan fingerprint density at radius 2 is 1.66 bits per heavy atom. The van der Waals surface area contributed by atoms with Gasteiger partial charge in [-0.05, 0) is 43.9 Å². The summed E-state index contributed by atoms with van der Waals surface area (Å²) < 4.78 is 26.9. The van der Waals surface area contributed by atoms with E-state index in [1.54, 1.807) is 36.4 Å². The van der Waals surface area contributed by atoms with Gasteiger partial charge in [0.05, 0.1) is 17.0 Å². The van der Waals surface area contributed by atoms with E-state index in [1.807, 2.05) is 32.0 Å². The van der Waals surface area contributed by atoms with Gasteiger partial charge in [-0.15, -0.1) is 0 Å². The van der Waals surface area contributed by atoms with Gasteiger partial charge in [0, 0.05) is 25.0 Å². The van der Waals surface area contributed by atoms with Crippen LogP contribution in [0.4, 0.5) is 5.69 Å². The number of hydrogen-bond acceptors (Lipinski definition) is 4. The van der Waals surface area contributed by atoms with Gasteiger partial charge >= 0.3 is 0 Å². The van der Waals surface area contributed by atoms with Crippen molar-refractivity contribution in [3.8, 4) is 0 Å². The number of carbonyl (C=O) groups is 2. The molecule has 7 nitrogen and oxygen atoms in total. The SMILES string of the molecule is CC[C@@H](C)NC(=O)c1ccccc1NC(=O)C1CCN(S(=O)(=O)Cc2ccccc2)CC1. The van der Waals surface area contributed by atoms with Crippen molar-refractivity contribution in [1.29, 1.82) is 0 Å². The van der Waals surface area contributed by atoms with Gasteiger partial charge in [0.25, 0.3) is 5.91 Å². The quantitative estimate of drug-likeness (QED) is 0.635. The van der Waals surface area contributed by atoms with E-state index in [2.05, 4.69) is 10.6 Å². The highest BCUT2D eigenvalue weighted by Crippen LogP contribution is 2.24. The van der Waals surface area contributed by atoms with Crippen LogP contribution < -0.4 is 10.6 Å². The molecule has 2 aromatic rings. The monoisotopic (exact) mass is 457 g/mol. The second kappa shape index (κ2) is 10.7. The molecule has 0 radical (unpaired) electrons. The van der Waals surface area contributed by atoms with Crippen molar-refractivity contribution in [2.45, 2.75) is 44.9 Å². The van der Waals surface area contributed by atoms with Crippen LogP contribution in [0.1, 0.15) is 49.0 Å². The molecule has 2 amide bonds. The fourth-order valence-electron chi connectivity index (χ4n) is 3.70. The third-order valence-corrected chi connectivity index (χ3v) is 7.68. The number of rotatable bonds is 8. The maximum atomic E-state index is 12.9. The Morgan fingerprint density at radius 1 is 1.03 bits per heavy atom. The Balaban J connectivity index is 1.59. The van der Waals surface area contributed by atoms with Crippen molar-refractivity contribution >= 4 is 27.5 Å².